The van der Waals surface area contributed by atoms with Gasteiger partial charge in [0, 0.05) is 12.0 Å². The van der Waals surface area contributed by atoms with E-state index in [1.807, 2.05) is 0 Å². The maximum Gasteiger partial charge on any atom is 0.147 e. The fourth-order valence-corrected chi connectivity index (χ4v) is 2.58. The van der Waals surface area contributed by atoms with Gasteiger partial charge >= 0.3 is 0 Å². The summed E-state index contributed by atoms with van der Waals surface area (Å²) in [5.41, 5.74) is 0.556. The molecule has 0 heterocycles. The monoisotopic (exact) mass is 288 g/mol. The highest BCUT2D eigenvalue weighted by Crippen LogP contribution is 2.35. The Morgan fingerprint density at radius 2 is 1.74 bits per heavy atom. The minimum absolute atomic E-state index is 0.0571. The molecule has 0 saturated heterocycles. The van der Waals surface area contributed by atoms with E-state index in [0.29, 0.717) is 29.9 Å². The van der Waals surface area contributed by atoms with Crippen LogP contribution in [0.3, 0.4) is 0 Å². The van der Waals surface area contributed by atoms with Gasteiger partial charge in [-0.25, -0.2) is 8.42 Å². The summed E-state index contributed by atoms with van der Waals surface area (Å²) in [5.74, 6) is 1.12. The molecule has 5 nitrogen and oxygen atoms in total. The van der Waals surface area contributed by atoms with E-state index in [-0.39, 0.29) is 5.75 Å². The minimum Gasteiger partial charge on any atom is -0.496 e. The molecule has 0 fully saturated rings. The van der Waals surface area contributed by atoms with Gasteiger partial charge in [0.2, 0.25) is 0 Å². The van der Waals surface area contributed by atoms with Crippen LogP contribution in [0.2, 0.25) is 0 Å². The smallest absolute Gasteiger partial charge is 0.147 e. The van der Waals surface area contributed by atoms with Crippen LogP contribution in [0.25, 0.3) is 0 Å². The van der Waals surface area contributed by atoms with Crippen molar-refractivity contribution in [3.63, 3.8) is 0 Å². The van der Waals surface area contributed by atoms with Crippen molar-refractivity contribution in [3.8, 4) is 11.5 Å². The largest absolute Gasteiger partial charge is 0.496 e. The van der Waals surface area contributed by atoms with Crippen LogP contribution in [0.4, 0.5) is 0 Å². The second-order valence-electron chi connectivity index (χ2n) is 4.36. The fraction of sp³-hybridized carbons (Fsp3) is 0.538. The Bertz CT molecular complexity index is 488. The predicted octanol–water partition coefficient (Wildman–Crippen LogP) is 1.56. The van der Waals surface area contributed by atoms with E-state index < -0.39 is 15.9 Å². The molecule has 0 radical (unpaired) electrons. The number of aliphatic hydroxyl groups is 1. The van der Waals surface area contributed by atoms with Gasteiger partial charge in [0.25, 0.3) is 0 Å². The van der Waals surface area contributed by atoms with Crippen molar-refractivity contribution in [3.05, 3.63) is 23.8 Å². The molecule has 0 aliphatic heterocycles. The molecular formula is C13H20O5S. The second-order valence-corrected chi connectivity index (χ2v) is 6.62. The number of ether oxygens (including phenoxy) is 2. The molecule has 1 atom stereocenters. The van der Waals surface area contributed by atoms with Crippen molar-refractivity contribution in [2.45, 2.75) is 18.9 Å². The Morgan fingerprint density at radius 3 is 2.16 bits per heavy atom. The van der Waals surface area contributed by atoms with Crippen molar-refractivity contribution < 1.29 is 23.0 Å². The second kappa shape index (κ2) is 6.77. The molecule has 0 saturated carbocycles. The molecule has 1 N–H and O–H groups in total. The maximum absolute atomic E-state index is 11.1. The molecule has 1 unspecified atom stereocenters. The molecule has 6 heteroatoms. The highest BCUT2D eigenvalue weighted by atomic mass is 32.2. The first-order valence-corrected chi connectivity index (χ1v) is 8.01. The topological polar surface area (TPSA) is 72.8 Å². The third-order valence-corrected chi connectivity index (χ3v) is 3.82. The summed E-state index contributed by atoms with van der Waals surface area (Å²) < 4.78 is 32.5. The summed E-state index contributed by atoms with van der Waals surface area (Å²) in [5, 5.41) is 10.2. The van der Waals surface area contributed by atoms with E-state index in [1.165, 1.54) is 20.5 Å². The first-order chi connectivity index (χ1) is 8.89. The highest BCUT2D eigenvalue weighted by Gasteiger charge is 2.19. The molecule has 1 aromatic carbocycles. The summed E-state index contributed by atoms with van der Waals surface area (Å²) in [6, 6.07) is 5.24. The quantitative estimate of drug-likeness (QED) is 0.824. The SMILES string of the molecule is COc1cccc(OC)c1C(O)CCCS(C)(=O)=O. The highest BCUT2D eigenvalue weighted by molar-refractivity contribution is 7.90. The number of sulfone groups is 1. The molecular weight excluding hydrogens is 268 g/mol. The minimum atomic E-state index is -3.01. The molecule has 0 aliphatic carbocycles. The Hall–Kier alpha value is -1.27. The van der Waals surface area contributed by atoms with E-state index in [2.05, 4.69) is 0 Å². The van der Waals surface area contributed by atoms with Gasteiger partial charge in [-0.1, -0.05) is 6.07 Å². The van der Waals surface area contributed by atoms with Crippen molar-refractivity contribution in [1.82, 2.24) is 0 Å². The normalized spacial score (nSPS) is 13.1. The van der Waals surface area contributed by atoms with Crippen LogP contribution in [-0.2, 0) is 9.84 Å². The van der Waals surface area contributed by atoms with Crippen LogP contribution in [0.15, 0.2) is 18.2 Å². The van der Waals surface area contributed by atoms with E-state index >= 15 is 0 Å². The van der Waals surface area contributed by atoms with Crippen LogP contribution in [0.5, 0.6) is 11.5 Å². The Labute approximate surface area is 114 Å². The molecule has 0 spiro atoms. The van der Waals surface area contributed by atoms with Crippen molar-refractivity contribution in [1.29, 1.82) is 0 Å². The lowest BCUT2D eigenvalue weighted by atomic mass is 10.0. The van der Waals surface area contributed by atoms with Crippen molar-refractivity contribution in [2.75, 3.05) is 26.2 Å². The molecule has 0 bridgehead atoms. The van der Waals surface area contributed by atoms with Gasteiger partial charge in [-0.3, -0.25) is 0 Å². The zero-order valence-corrected chi connectivity index (χ0v) is 12.2. The summed E-state index contributed by atoms with van der Waals surface area (Å²) in [6.45, 7) is 0. The summed E-state index contributed by atoms with van der Waals surface area (Å²) in [7, 11) is 0.0238. The fourth-order valence-electron chi connectivity index (χ4n) is 1.89. The molecule has 0 aliphatic rings. The third kappa shape index (κ3) is 4.72. The van der Waals surface area contributed by atoms with E-state index in [9.17, 15) is 13.5 Å². The number of rotatable bonds is 7. The average molecular weight is 288 g/mol. The number of aliphatic hydroxyl groups excluding tert-OH is 1. The van der Waals surface area contributed by atoms with Gasteiger partial charge in [0.15, 0.2) is 0 Å². The lowest BCUT2D eigenvalue weighted by Crippen LogP contribution is -2.07. The molecule has 0 aromatic heterocycles. The standard InChI is InChI=1S/C13H20O5S/c1-17-11-7-4-8-12(18-2)13(11)10(14)6-5-9-19(3,15)16/h4,7-8,10,14H,5-6,9H2,1-3H3. The Morgan fingerprint density at radius 1 is 1.21 bits per heavy atom. The molecule has 1 rings (SSSR count). The van der Waals surface area contributed by atoms with Gasteiger partial charge in [0.1, 0.15) is 21.3 Å². The van der Waals surface area contributed by atoms with Gasteiger partial charge in [-0.05, 0) is 25.0 Å². The van der Waals surface area contributed by atoms with Crippen LogP contribution < -0.4 is 9.47 Å². The maximum atomic E-state index is 11.1. The first-order valence-electron chi connectivity index (χ1n) is 5.95. The number of hydrogen-bond acceptors (Lipinski definition) is 5. The third-order valence-electron chi connectivity index (χ3n) is 2.79. The molecule has 19 heavy (non-hydrogen) atoms. The van der Waals surface area contributed by atoms with Crippen molar-refractivity contribution in [2.24, 2.45) is 0 Å². The lowest BCUT2D eigenvalue weighted by Gasteiger charge is -2.17. The predicted molar refractivity (Wildman–Crippen MR) is 73.5 cm³/mol. The van der Waals surface area contributed by atoms with E-state index in [0.717, 1.165) is 0 Å². The van der Waals surface area contributed by atoms with E-state index in [4.69, 9.17) is 9.47 Å². The molecule has 108 valence electrons. The van der Waals surface area contributed by atoms with Crippen LogP contribution >= 0.6 is 0 Å². The molecule has 1 aromatic rings. The van der Waals surface area contributed by atoms with Crippen LogP contribution in [0.1, 0.15) is 24.5 Å². The Balaban J connectivity index is 2.83. The van der Waals surface area contributed by atoms with Gasteiger partial charge in [0.05, 0.1) is 25.9 Å². The lowest BCUT2D eigenvalue weighted by molar-refractivity contribution is 0.158. The number of hydrogen-bond donors (Lipinski definition) is 1. The van der Waals surface area contributed by atoms with Crippen LogP contribution in [-0.4, -0.2) is 39.8 Å². The van der Waals surface area contributed by atoms with E-state index in [1.54, 1.807) is 18.2 Å². The number of methoxy groups -OCH3 is 2. The summed E-state index contributed by atoms with van der Waals surface area (Å²) in [6.07, 6.45) is 1.10. The summed E-state index contributed by atoms with van der Waals surface area (Å²) in [4.78, 5) is 0. The average Bonchev–Trinajstić information content (AvgIpc) is 2.35. The van der Waals surface area contributed by atoms with Gasteiger partial charge < -0.3 is 14.6 Å². The molecule has 0 amide bonds. The number of benzene rings is 1. The van der Waals surface area contributed by atoms with Crippen molar-refractivity contribution >= 4 is 9.84 Å². The summed E-state index contributed by atoms with van der Waals surface area (Å²) >= 11 is 0. The van der Waals surface area contributed by atoms with Gasteiger partial charge in [-0.15, -0.1) is 0 Å². The Kier molecular flexibility index (Phi) is 5.62. The van der Waals surface area contributed by atoms with Gasteiger partial charge in [-0.2, -0.15) is 0 Å². The van der Waals surface area contributed by atoms with Crippen LogP contribution in [0, 0.1) is 0 Å². The zero-order valence-electron chi connectivity index (χ0n) is 11.4. The first kappa shape index (κ1) is 15.8. The zero-order chi connectivity index (χ0) is 14.5.